The molecule has 0 saturated heterocycles. The van der Waals surface area contributed by atoms with Crippen molar-refractivity contribution in [3.05, 3.63) is 57.0 Å². The molecule has 1 heterocycles. The zero-order valence-corrected chi connectivity index (χ0v) is 15.9. The van der Waals surface area contributed by atoms with Crippen LogP contribution < -0.4 is 10.1 Å². The Kier molecular flexibility index (Phi) is 5.49. The number of carbonyl (C=O) groups is 1. The Labute approximate surface area is 163 Å². The van der Waals surface area contributed by atoms with Crippen LogP contribution in [0.15, 0.2) is 36.4 Å². The number of amides is 1. The predicted octanol–water partition coefficient (Wildman–Crippen LogP) is 5.92. The second-order valence-corrected chi connectivity index (χ2v) is 7.22. The van der Waals surface area contributed by atoms with E-state index in [0.717, 1.165) is 4.70 Å². The van der Waals surface area contributed by atoms with Crippen LogP contribution in [0.25, 0.3) is 16.3 Å². The summed E-state index contributed by atoms with van der Waals surface area (Å²) in [7, 11) is 1.50. The first-order chi connectivity index (χ1) is 12.0. The van der Waals surface area contributed by atoms with Crippen LogP contribution in [0.1, 0.15) is 5.56 Å². The molecule has 128 valence electrons. The SMILES string of the molecule is COc1c(Cl)cc(Cl)cc1C=CC(=O)Nc1nc2c(Cl)cccc2s1. The number of aromatic nitrogens is 1. The molecule has 0 bridgehead atoms. The van der Waals surface area contributed by atoms with E-state index in [0.29, 0.717) is 37.0 Å². The summed E-state index contributed by atoms with van der Waals surface area (Å²) in [4.78, 5) is 16.5. The number of benzene rings is 2. The van der Waals surface area contributed by atoms with E-state index in [1.54, 1.807) is 24.3 Å². The number of ether oxygens (including phenoxy) is 1. The molecular weight excluding hydrogens is 403 g/mol. The van der Waals surface area contributed by atoms with E-state index in [1.807, 2.05) is 12.1 Å². The normalized spacial score (nSPS) is 11.2. The van der Waals surface area contributed by atoms with Crippen molar-refractivity contribution in [2.75, 3.05) is 12.4 Å². The average Bonchev–Trinajstić information content (AvgIpc) is 2.96. The van der Waals surface area contributed by atoms with Gasteiger partial charge in [-0.15, -0.1) is 0 Å². The number of anilines is 1. The molecule has 8 heteroatoms. The van der Waals surface area contributed by atoms with Crippen LogP contribution in [0.2, 0.25) is 15.1 Å². The van der Waals surface area contributed by atoms with Gasteiger partial charge in [-0.2, -0.15) is 0 Å². The van der Waals surface area contributed by atoms with Crippen LogP contribution >= 0.6 is 46.1 Å². The fraction of sp³-hybridized carbons (Fsp3) is 0.0588. The maximum Gasteiger partial charge on any atom is 0.250 e. The van der Waals surface area contributed by atoms with Gasteiger partial charge < -0.3 is 4.74 Å². The molecule has 0 unspecified atom stereocenters. The van der Waals surface area contributed by atoms with E-state index >= 15 is 0 Å². The summed E-state index contributed by atoms with van der Waals surface area (Å²) < 4.78 is 6.13. The number of methoxy groups -OCH3 is 1. The zero-order valence-electron chi connectivity index (χ0n) is 12.8. The summed E-state index contributed by atoms with van der Waals surface area (Å²) in [6.45, 7) is 0. The van der Waals surface area contributed by atoms with E-state index in [2.05, 4.69) is 10.3 Å². The molecule has 3 aromatic rings. The Hall–Kier alpha value is -1.79. The van der Waals surface area contributed by atoms with Crippen molar-refractivity contribution in [1.29, 1.82) is 0 Å². The summed E-state index contributed by atoms with van der Waals surface area (Å²) in [5.74, 6) is 0.107. The van der Waals surface area contributed by atoms with E-state index in [4.69, 9.17) is 39.5 Å². The molecule has 0 spiro atoms. The number of thiazole rings is 1. The first kappa shape index (κ1) is 18.0. The number of hydrogen-bond donors (Lipinski definition) is 1. The number of hydrogen-bond acceptors (Lipinski definition) is 4. The van der Waals surface area contributed by atoms with Crippen LogP contribution in [-0.4, -0.2) is 18.0 Å². The minimum atomic E-state index is -0.340. The third-order valence-corrected chi connectivity index (χ3v) is 5.00. The van der Waals surface area contributed by atoms with E-state index < -0.39 is 0 Å². The van der Waals surface area contributed by atoms with Gasteiger partial charge in [-0.05, 0) is 30.3 Å². The quantitative estimate of drug-likeness (QED) is 0.540. The molecule has 0 fully saturated rings. The molecule has 0 aliphatic rings. The number of para-hydroxylation sites is 1. The molecule has 1 amide bonds. The maximum absolute atomic E-state index is 12.1. The Balaban J connectivity index is 1.80. The van der Waals surface area contributed by atoms with Gasteiger partial charge in [0.2, 0.25) is 5.91 Å². The van der Waals surface area contributed by atoms with Gasteiger partial charge in [0.25, 0.3) is 0 Å². The van der Waals surface area contributed by atoms with Gasteiger partial charge in [-0.3, -0.25) is 10.1 Å². The van der Waals surface area contributed by atoms with Gasteiger partial charge in [0.05, 0.1) is 21.9 Å². The van der Waals surface area contributed by atoms with Crippen molar-refractivity contribution in [3.8, 4) is 5.75 Å². The average molecular weight is 414 g/mol. The van der Waals surface area contributed by atoms with Gasteiger partial charge in [-0.25, -0.2) is 4.98 Å². The number of rotatable bonds is 4. The number of carbonyl (C=O) groups excluding carboxylic acids is 1. The van der Waals surface area contributed by atoms with Crippen LogP contribution in [0.3, 0.4) is 0 Å². The van der Waals surface area contributed by atoms with Crippen molar-refractivity contribution >= 4 is 73.5 Å². The van der Waals surface area contributed by atoms with Crippen molar-refractivity contribution < 1.29 is 9.53 Å². The van der Waals surface area contributed by atoms with Crippen molar-refractivity contribution in [1.82, 2.24) is 4.98 Å². The topological polar surface area (TPSA) is 51.2 Å². The number of nitrogens with one attached hydrogen (secondary N) is 1. The predicted molar refractivity (Wildman–Crippen MR) is 105 cm³/mol. The highest BCUT2D eigenvalue weighted by molar-refractivity contribution is 7.22. The Morgan fingerprint density at radius 3 is 2.76 bits per heavy atom. The second-order valence-electron chi connectivity index (χ2n) is 4.94. The summed E-state index contributed by atoms with van der Waals surface area (Å²) in [6, 6.07) is 8.72. The number of halogens is 3. The molecule has 4 nitrogen and oxygen atoms in total. The molecule has 1 aromatic heterocycles. The summed E-state index contributed by atoms with van der Waals surface area (Å²) >= 11 is 19.5. The van der Waals surface area contributed by atoms with Crippen molar-refractivity contribution in [3.63, 3.8) is 0 Å². The van der Waals surface area contributed by atoms with Gasteiger partial charge in [0.1, 0.15) is 11.3 Å². The lowest BCUT2D eigenvalue weighted by atomic mass is 10.2. The fourth-order valence-electron chi connectivity index (χ4n) is 2.20. The standard InChI is InChI=1S/C17H11Cl3N2O2S/c1-24-16-9(7-10(18)8-12(16)20)5-6-14(23)21-17-22-15-11(19)3-2-4-13(15)25-17/h2-8H,1H3,(H,21,22,23). The van der Waals surface area contributed by atoms with Gasteiger partial charge in [-0.1, -0.05) is 52.2 Å². The third-order valence-electron chi connectivity index (χ3n) is 3.26. The number of nitrogens with zero attached hydrogens (tertiary/aromatic N) is 1. The lowest BCUT2D eigenvalue weighted by Crippen LogP contribution is -2.07. The molecular formula is C17H11Cl3N2O2S. The van der Waals surface area contributed by atoms with Gasteiger partial charge in [0.15, 0.2) is 5.13 Å². The Morgan fingerprint density at radius 1 is 1.24 bits per heavy atom. The molecule has 0 aliphatic heterocycles. The summed E-state index contributed by atoms with van der Waals surface area (Å²) in [6.07, 6.45) is 2.93. The molecule has 2 aromatic carbocycles. The van der Waals surface area contributed by atoms with Gasteiger partial charge >= 0.3 is 0 Å². The fourth-order valence-corrected chi connectivity index (χ4v) is 3.96. The maximum atomic E-state index is 12.1. The lowest BCUT2D eigenvalue weighted by Gasteiger charge is -2.07. The van der Waals surface area contributed by atoms with Crippen LogP contribution in [0.5, 0.6) is 5.75 Å². The molecule has 0 saturated carbocycles. The van der Waals surface area contributed by atoms with Crippen LogP contribution in [0.4, 0.5) is 5.13 Å². The molecule has 0 aliphatic carbocycles. The molecule has 3 rings (SSSR count). The first-order valence-corrected chi connectivity index (χ1v) is 9.00. The summed E-state index contributed by atoms with van der Waals surface area (Å²) in [5.41, 5.74) is 1.26. The second kappa shape index (κ2) is 7.62. The molecule has 0 radical (unpaired) electrons. The minimum absolute atomic E-state index is 0.340. The smallest absolute Gasteiger partial charge is 0.250 e. The van der Waals surface area contributed by atoms with Crippen LogP contribution in [-0.2, 0) is 4.79 Å². The largest absolute Gasteiger partial charge is 0.495 e. The van der Waals surface area contributed by atoms with E-state index in [-0.39, 0.29) is 5.91 Å². The summed E-state index contributed by atoms with van der Waals surface area (Å²) in [5, 5.41) is 4.54. The Bertz CT molecular complexity index is 985. The monoisotopic (exact) mass is 412 g/mol. The lowest BCUT2D eigenvalue weighted by molar-refractivity contribution is -0.111. The highest BCUT2D eigenvalue weighted by atomic mass is 35.5. The third kappa shape index (κ3) is 4.07. The molecule has 25 heavy (non-hydrogen) atoms. The molecule has 1 N–H and O–H groups in total. The number of fused-ring (bicyclic) bond motifs is 1. The van der Waals surface area contributed by atoms with Crippen LogP contribution in [0, 0.1) is 0 Å². The molecule has 0 atom stereocenters. The van der Waals surface area contributed by atoms with Crippen molar-refractivity contribution in [2.45, 2.75) is 0 Å². The zero-order chi connectivity index (χ0) is 18.0. The first-order valence-electron chi connectivity index (χ1n) is 7.05. The highest BCUT2D eigenvalue weighted by Crippen LogP contribution is 2.33. The highest BCUT2D eigenvalue weighted by Gasteiger charge is 2.10. The van der Waals surface area contributed by atoms with Gasteiger partial charge in [0, 0.05) is 16.7 Å². The Morgan fingerprint density at radius 2 is 2.04 bits per heavy atom. The van der Waals surface area contributed by atoms with Crippen molar-refractivity contribution in [2.24, 2.45) is 0 Å². The minimum Gasteiger partial charge on any atom is -0.495 e. The van der Waals surface area contributed by atoms with E-state index in [9.17, 15) is 4.79 Å². The van der Waals surface area contributed by atoms with E-state index in [1.165, 1.54) is 24.5 Å².